The molecule has 0 heterocycles. The van der Waals surface area contributed by atoms with Crippen LogP contribution in [0.15, 0.2) is 0 Å². The molecule has 0 saturated heterocycles. The van der Waals surface area contributed by atoms with Crippen LogP contribution in [-0.2, 0) is 9.63 Å². The maximum atomic E-state index is 10.1. The Kier molecular flexibility index (Phi) is 25.7. The van der Waals surface area contributed by atoms with Crippen molar-refractivity contribution in [2.45, 2.75) is 13.8 Å². The molecule has 0 aliphatic carbocycles. The number of carbonyl (C=O) groups is 1. The second kappa shape index (κ2) is 12.6. The molecule has 7 heteroatoms. The van der Waals surface area contributed by atoms with E-state index in [1.54, 1.807) is 6.92 Å². The molecule has 4 N–H and O–H groups in total. The van der Waals surface area contributed by atoms with Gasteiger partial charge in [-0.25, -0.2) is 4.84 Å². The predicted octanol–water partition coefficient (Wildman–Crippen LogP) is 1.18. The lowest BCUT2D eigenvalue weighted by Gasteiger charge is -2.08. The molecule has 0 rings (SSSR count). The maximum absolute atomic E-state index is 10.1. The summed E-state index contributed by atoms with van der Waals surface area (Å²) in [6, 6.07) is 0. The van der Waals surface area contributed by atoms with Gasteiger partial charge in [0.2, 0.25) is 0 Å². The van der Waals surface area contributed by atoms with E-state index in [0.29, 0.717) is 0 Å². The summed E-state index contributed by atoms with van der Waals surface area (Å²) < 4.78 is 0. The van der Waals surface area contributed by atoms with E-state index in [1.165, 1.54) is 6.92 Å². The smallest absolute Gasteiger partial charge is 0.270 e. The number of hydroxylamine groups is 2. The Hall–Kier alpha value is -0.0700. The summed E-state index contributed by atoms with van der Waals surface area (Å²) in [7, 11) is 0. The van der Waals surface area contributed by atoms with Gasteiger partial charge in [-0.3, -0.25) is 10.0 Å². The van der Waals surface area contributed by atoms with Crippen molar-refractivity contribution in [1.29, 1.82) is 0 Å². The van der Waals surface area contributed by atoms with E-state index < -0.39 is 5.91 Å². The van der Waals surface area contributed by atoms with Gasteiger partial charge in [0.15, 0.2) is 0 Å². The van der Waals surface area contributed by atoms with Crippen LogP contribution in [-0.4, -0.2) is 22.9 Å². The predicted molar refractivity (Wildman–Crippen MR) is 45.5 cm³/mol. The topological polar surface area (TPSA) is 84.8 Å². The van der Waals surface area contributed by atoms with Crippen LogP contribution < -0.4 is 6.15 Å². The minimum absolute atomic E-state index is 0. The summed E-state index contributed by atoms with van der Waals surface area (Å²) in [6.45, 7) is 3.16. The van der Waals surface area contributed by atoms with E-state index in [0.717, 1.165) is 0 Å². The van der Waals surface area contributed by atoms with Crippen LogP contribution in [0.2, 0.25) is 0 Å². The van der Waals surface area contributed by atoms with E-state index in [4.69, 9.17) is 5.21 Å². The van der Waals surface area contributed by atoms with Crippen molar-refractivity contribution in [3.8, 4) is 0 Å². The molecule has 5 nitrogen and oxygen atoms in total. The summed E-state index contributed by atoms with van der Waals surface area (Å²) in [6.07, 6.45) is 0. The summed E-state index contributed by atoms with van der Waals surface area (Å²) in [5.74, 6) is -0.521. The number of nitrogens with zero attached hydrogens (tertiary/aromatic N) is 1. The quantitative estimate of drug-likeness (QED) is 0.528. The first-order chi connectivity index (χ1) is 3.68. The Labute approximate surface area is 78.0 Å². The molecule has 0 atom stereocenters. The van der Waals surface area contributed by atoms with Crippen molar-refractivity contribution in [2.24, 2.45) is 0 Å². The van der Waals surface area contributed by atoms with E-state index in [-0.39, 0.29) is 42.8 Å². The maximum Gasteiger partial charge on any atom is 0.270 e. The molecule has 0 saturated carbocycles. The first-order valence-electron chi connectivity index (χ1n) is 2.31. The summed E-state index contributed by atoms with van der Waals surface area (Å²) >= 11 is 0. The van der Waals surface area contributed by atoms with Gasteiger partial charge in [-0.1, -0.05) is 5.23 Å². The monoisotopic (exact) mass is 208 g/mol. The molecule has 0 aliphatic rings. The third-order valence-electron chi connectivity index (χ3n) is 0.521. The number of hydrogen-bond donors (Lipinski definition) is 2. The summed E-state index contributed by atoms with van der Waals surface area (Å²) in [5.41, 5.74) is 0. The summed E-state index contributed by atoms with van der Waals surface area (Å²) in [4.78, 5) is 14.4. The van der Waals surface area contributed by atoms with Gasteiger partial charge >= 0.3 is 0 Å². The van der Waals surface area contributed by atoms with E-state index in [9.17, 15) is 4.79 Å². The zero-order chi connectivity index (χ0) is 6.57. The van der Waals surface area contributed by atoms with Crippen molar-refractivity contribution >= 4 is 30.7 Å². The van der Waals surface area contributed by atoms with E-state index in [2.05, 4.69) is 4.84 Å². The van der Waals surface area contributed by atoms with Crippen LogP contribution in [0, 0.1) is 0 Å². The van der Waals surface area contributed by atoms with Crippen LogP contribution in [0.3, 0.4) is 0 Å². The number of hydrogen-bond acceptors (Lipinski definition) is 4. The van der Waals surface area contributed by atoms with Crippen LogP contribution in [0.25, 0.3) is 0 Å². The molecule has 0 spiro atoms. The van der Waals surface area contributed by atoms with Crippen molar-refractivity contribution in [1.82, 2.24) is 11.4 Å². The standard InChI is InChI=1S/C4H9NO3.2ClH.H3N/c1-3-8-5(7)4(2)6;;;/h7H,3H2,1-2H3;2*1H;1H3. The van der Waals surface area contributed by atoms with Crippen molar-refractivity contribution < 1.29 is 14.8 Å². The lowest BCUT2D eigenvalue weighted by atomic mass is 10.8. The molecule has 11 heavy (non-hydrogen) atoms. The molecule has 0 bridgehead atoms. The van der Waals surface area contributed by atoms with Crippen molar-refractivity contribution in [3.63, 3.8) is 0 Å². The highest BCUT2D eigenvalue weighted by atomic mass is 35.5. The first-order valence-corrected chi connectivity index (χ1v) is 2.31. The molecular formula is C4H14Cl2N2O3. The average molecular weight is 209 g/mol. The van der Waals surface area contributed by atoms with Gasteiger partial charge in [-0.05, 0) is 6.92 Å². The minimum atomic E-state index is -0.521. The van der Waals surface area contributed by atoms with Crippen molar-refractivity contribution in [2.75, 3.05) is 6.61 Å². The van der Waals surface area contributed by atoms with Gasteiger partial charge in [-0.2, -0.15) is 0 Å². The molecule has 0 aromatic carbocycles. The zero-order valence-corrected chi connectivity index (χ0v) is 8.07. The van der Waals surface area contributed by atoms with Crippen LogP contribution >= 0.6 is 24.8 Å². The third-order valence-corrected chi connectivity index (χ3v) is 0.521. The highest BCUT2D eigenvalue weighted by Gasteiger charge is 2.00. The second-order valence-electron chi connectivity index (χ2n) is 1.21. The number of amides is 1. The first kappa shape index (κ1) is 22.4. The molecule has 0 radical (unpaired) electrons. The Morgan fingerprint density at radius 3 is 2.00 bits per heavy atom. The number of rotatable bonds is 2. The Morgan fingerprint density at radius 1 is 1.55 bits per heavy atom. The molecule has 1 amide bonds. The lowest BCUT2D eigenvalue weighted by Crippen LogP contribution is -2.24. The van der Waals surface area contributed by atoms with Gasteiger partial charge in [0.1, 0.15) is 0 Å². The fourth-order valence-corrected chi connectivity index (χ4v) is 0.213. The molecule has 0 fully saturated rings. The van der Waals surface area contributed by atoms with Crippen molar-refractivity contribution in [3.05, 3.63) is 0 Å². The molecule has 0 aromatic heterocycles. The highest BCUT2D eigenvalue weighted by Crippen LogP contribution is 1.82. The lowest BCUT2D eigenvalue weighted by molar-refractivity contribution is -0.311. The van der Waals surface area contributed by atoms with Gasteiger partial charge in [-0.15, -0.1) is 24.8 Å². The fraction of sp³-hybridized carbons (Fsp3) is 0.750. The molecular weight excluding hydrogens is 195 g/mol. The molecule has 0 aliphatic heterocycles. The third kappa shape index (κ3) is 13.0. The Balaban J connectivity index is -0.0000000817. The Morgan fingerprint density at radius 2 is 1.91 bits per heavy atom. The fourth-order valence-electron chi connectivity index (χ4n) is 0.213. The minimum Gasteiger partial charge on any atom is -0.344 e. The number of halogens is 2. The van der Waals surface area contributed by atoms with E-state index in [1.807, 2.05) is 0 Å². The van der Waals surface area contributed by atoms with Gasteiger partial charge in [0.05, 0.1) is 6.61 Å². The van der Waals surface area contributed by atoms with Crippen LogP contribution in [0.1, 0.15) is 13.8 Å². The van der Waals surface area contributed by atoms with Gasteiger partial charge in [0, 0.05) is 6.92 Å². The SMILES string of the molecule is CCON(O)C(C)=O.Cl.Cl.N. The van der Waals surface area contributed by atoms with E-state index >= 15 is 0 Å². The van der Waals surface area contributed by atoms with Crippen LogP contribution in [0.4, 0.5) is 0 Å². The van der Waals surface area contributed by atoms with Gasteiger partial charge in [0.25, 0.3) is 5.91 Å². The second-order valence-corrected chi connectivity index (χ2v) is 1.21. The number of carbonyl (C=O) groups excluding carboxylic acids is 1. The molecule has 0 aromatic rings. The molecule has 72 valence electrons. The Bertz CT molecular complexity index is 93.4. The molecule has 0 unspecified atom stereocenters. The largest absolute Gasteiger partial charge is 0.344 e. The summed E-state index contributed by atoms with van der Waals surface area (Å²) in [5, 5.41) is 8.60. The average Bonchev–Trinajstić information content (AvgIpc) is 1.67. The van der Waals surface area contributed by atoms with Crippen LogP contribution in [0.5, 0.6) is 0 Å². The van der Waals surface area contributed by atoms with Gasteiger partial charge < -0.3 is 6.15 Å². The zero-order valence-electron chi connectivity index (χ0n) is 6.44. The highest BCUT2D eigenvalue weighted by molar-refractivity contribution is 5.85. The normalized spacial score (nSPS) is 6.45.